The molecule has 4 nitrogen and oxygen atoms in total. The van der Waals surface area contributed by atoms with E-state index in [1.165, 1.54) is 11.1 Å². The zero-order valence-electron chi connectivity index (χ0n) is 13.1. The highest BCUT2D eigenvalue weighted by molar-refractivity contribution is 9.10. The Bertz CT molecular complexity index is 715. The molecule has 1 aromatic carbocycles. The monoisotopic (exact) mass is 361 g/mol. The van der Waals surface area contributed by atoms with Gasteiger partial charge in [-0.25, -0.2) is 0 Å². The Morgan fingerprint density at radius 3 is 2.77 bits per heavy atom. The van der Waals surface area contributed by atoms with Crippen LogP contribution >= 0.6 is 15.9 Å². The fourth-order valence-corrected chi connectivity index (χ4v) is 3.25. The number of nitrogens with zero attached hydrogens (tertiary/aromatic N) is 2. The van der Waals surface area contributed by atoms with Gasteiger partial charge in [-0.15, -0.1) is 0 Å². The Labute approximate surface area is 139 Å². The maximum Gasteiger partial charge on any atom is 0.256 e. The summed E-state index contributed by atoms with van der Waals surface area (Å²) in [5, 5.41) is 7.53. The van der Waals surface area contributed by atoms with Gasteiger partial charge in [0.15, 0.2) is 0 Å². The second kappa shape index (κ2) is 5.54. The van der Waals surface area contributed by atoms with E-state index in [2.05, 4.69) is 59.2 Å². The van der Waals surface area contributed by atoms with Gasteiger partial charge in [0.2, 0.25) is 0 Å². The van der Waals surface area contributed by atoms with Gasteiger partial charge in [0.05, 0.1) is 17.1 Å². The van der Waals surface area contributed by atoms with Crippen LogP contribution < -0.4 is 5.32 Å². The average molecular weight is 362 g/mol. The Morgan fingerprint density at radius 1 is 1.36 bits per heavy atom. The third kappa shape index (κ3) is 2.82. The van der Waals surface area contributed by atoms with Crippen LogP contribution in [0.4, 0.5) is 0 Å². The van der Waals surface area contributed by atoms with Gasteiger partial charge in [0, 0.05) is 6.20 Å². The van der Waals surface area contributed by atoms with Crippen LogP contribution in [0.2, 0.25) is 0 Å². The topological polar surface area (TPSA) is 46.9 Å². The van der Waals surface area contributed by atoms with Crippen molar-refractivity contribution in [2.45, 2.75) is 45.2 Å². The number of aryl methyl sites for hydroxylation is 1. The van der Waals surface area contributed by atoms with Gasteiger partial charge < -0.3 is 5.32 Å². The minimum Gasteiger partial charge on any atom is -0.345 e. The lowest BCUT2D eigenvalue weighted by Gasteiger charge is -2.18. The Kier molecular flexibility index (Phi) is 3.85. The Balaban J connectivity index is 1.80. The number of aromatic nitrogens is 2. The van der Waals surface area contributed by atoms with E-state index in [0.717, 1.165) is 12.8 Å². The van der Waals surface area contributed by atoms with Gasteiger partial charge in [0.25, 0.3) is 5.91 Å². The molecule has 0 spiro atoms. The average Bonchev–Trinajstić information content (AvgIpc) is 3.03. The lowest BCUT2D eigenvalue weighted by Crippen LogP contribution is -2.27. The summed E-state index contributed by atoms with van der Waals surface area (Å²) >= 11 is 3.40. The summed E-state index contributed by atoms with van der Waals surface area (Å²) in [7, 11) is 0. The summed E-state index contributed by atoms with van der Waals surface area (Å²) in [5.74, 6) is -0.0796. The maximum absolute atomic E-state index is 12.6. The van der Waals surface area contributed by atoms with Gasteiger partial charge in [-0.1, -0.05) is 24.3 Å². The van der Waals surface area contributed by atoms with E-state index in [4.69, 9.17) is 0 Å². The number of hydrogen-bond acceptors (Lipinski definition) is 2. The predicted molar refractivity (Wildman–Crippen MR) is 89.9 cm³/mol. The smallest absolute Gasteiger partial charge is 0.256 e. The van der Waals surface area contributed by atoms with Crippen molar-refractivity contribution in [1.29, 1.82) is 0 Å². The Morgan fingerprint density at radius 2 is 2.09 bits per heavy atom. The molecule has 0 bridgehead atoms. The summed E-state index contributed by atoms with van der Waals surface area (Å²) in [6, 6.07) is 8.40. The van der Waals surface area contributed by atoms with Crippen molar-refractivity contribution in [3.8, 4) is 0 Å². The van der Waals surface area contributed by atoms with E-state index in [-0.39, 0.29) is 17.5 Å². The van der Waals surface area contributed by atoms with Gasteiger partial charge in [-0.3, -0.25) is 9.48 Å². The number of carbonyl (C=O) groups is 1. The lowest BCUT2D eigenvalue weighted by atomic mass is 10.1. The molecule has 1 aliphatic carbocycles. The highest BCUT2D eigenvalue weighted by Gasteiger charge is 2.26. The molecule has 116 valence electrons. The first kappa shape index (κ1) is 15.3. The van der Waals surface area contributed by atoms with E-state index in [1.54, 1.807) is 6.20 Å². The first-order valence-electron chi connectivity index (χ1n) is 7.50. The van der Waals surface area contributed by atoms with E-state index >= 15 is 0 Å². The summed E-state index contributed by atoms with van der Waals surface area (Å²) in [6.07, 6.45) is 3.78. The quantitative estimate of drug-likeness (QED) is 0.883. The molecule has 1 N–H and O–H groups in total. The van der Waals surface area contributed by atoms with E-state index in [0.29, 0.717) is 10.2 Å². The molecule has 0 unspecified atom stereocenters. The Hall–Kier alpha value is -1.62. The second-order valence-electron chi connectivity index (χ2n) is 6.71. The molecule has 0 radical (unpaired) electrons. The molecular weight excluding hydrogens is 342 g/mol. The summed E-state index contributed by atoms with van der Waals surface area (Å²) < 4.78 is 2.40. The number of hydrogen-bond donors (Lipinski definition) is 1. The van der Waals surface area contributed by atoms with Crippen LogP contribution in [-0.4, -0.2) is 15.7 Å². The minimum absolute atomic E-state index is 0.0796. The summed E-state index contributed by atoms with van der Waals surface area (Å²) in [6.45, 7) is 6.17. The van der Waals surface area contributed by atoms with Crippen molar-refractivity contribution in [2.75, 3.05) is 0 Å². The zero-order valence-corrected chi connectivity index (χ0v) is 14.6. The maximum atomic E-state index is 12.6. The molecule has 22 heavy (non-hydrogen) atoms. The SMILES string of the molecule is CC(C)(C)n1cc(C(=O)N[C@@H]2CCc3ccccc32)c(Br)n1. The van der Waals surface area contributed by atoms with Crippen LogP contribution in [0.15, 0.2) is 35.1 Å². The van der Waals surface area contributed by atoms with Crippen LogP contribution in [0.5, 0.6) is 0 Å². The third-order valence-electron chi connectivity index (χ3n) is 4.04. The van der Waals surface area contributed by atoms with Crippen LogP contribution in [0.1, 0.15) is 54.7 Å². The molecule has 5 heteroatoms. The number of amides is 1. The van der Waals surface area contributed by atoms with Crippen LogP contribution in [-0.2, 0) is 12.0 Å². The first-order chi connectivity index (χ1) is 10.4. The molecule has 1 heterocycles. The largest absolute Gasteiger partial charge is 0.345 e. The number of fused-ring (bicyclic) bond motifs is 1. The molecule has 0 fully saturated rings. The van der Waals surface area contributed by atoms with Crippen LogP contribution in [0, 0.1) is 0 Å². The molecular formula is C17H20BrN3O. The molecule has 0 aliphatic heterocycles. The highest BCUT2D eigenvalue weighted by Crippen LogP contribution is 2.31. The summed E-state index contributed by atoms with van der Waals surface area (Å²) in [4.78, 5) is 12.6. The number of carbonyl (C=O) groups excluding carboxylic acids is 1. The number of benzene rings is 1. The fraction of sp³-hybridized carbons (Fsp3) is 0.412. The van der Waals surface area contributed by atoms with Crippen molar-refractivity contribution in [3.63, 3.8) is 0 Å². The molecule has 0 saturated carbocycles. The van der Waals surface area contributed by atoms with E-state index in [1.807, 2.05) is 16.8 Å². The first-order valence-corrected chi connectivity index (χ1v) is 8.30. The molecule has 1 amide bonds. The van der Waals surface area contributed by atoms with Crippen molar-refractivity contribution < 1.29 is 4.79 Å². The molecule has 1 atom stereocenters. The van der Waals surface area contributed by atoms with Crippen LogP contribution in [0.25, 0.3) is 0 Å². The van der Waals surface area contributed by atoms with Crippen molar-refractivity contribution in [1.82, 2.24) is 15.1 Å². The predicted octanol–water partition coefficient (Wildman–Crippen LogP) is 3.82. The molecule has 2 aromatic rings. The van der Waals surface area contributed by atoms with Gasteiger partial charge in [-0.2, -0.15) is 5.10 Å². The molecule has 1 aromatic heterocycles. The standard InChI is InChI=1S/C17H20BrN3O/c1-17(2,3)21-10-13(15(18)20-21)16(22)19-14-9-8-11-6-4-5-7-12(11)14/h4-7,10,14H,8-9H2,1-3H3,(H,19,22)/t14-/m1/s1. The van der Waals surface area contributed by atoms with Gasteiger partial charge in [0.1, 0.15) is 4.60 Å². The number of nitrogens with one attached hydrogen (secondary N) is 1. The molecule has 1 aliphatic rings. The van der Waals surface area contributed by atoms with Crippen molar-refractivity contribution >= 4 is 21.8 Å². The highest BCUT2D eigenvalue weighted by atomic mass is 79.9. The molecule has 3 rings (SSSR count). The van der Waals surface area contributed by atoms with E-state index < -0.39 is 0 Å². The van der Waals surface area contributed by atoms with Crippen molar-refractivity contribution in [3.05, 3.63) is 51.8 Å². The number of halogens is 1. The second-order valence-corrected chi connectivity index (χ2v) is 7.46. The lowest BCUT2D eigenvalue weighted by molar-refractivity contribution is 0.0936. The summed E-state index contributed by atoms with van der Waals surface area (Å²) in [5.41, 5.74) is 2.99. The van der Waals surface area contributed by atoms with Gasteiger partial charge >= 0.3 is 0 Å². The zero-order chi connectivity index (χ0) is 15.9. The third-order valence-corrected chi connectivity index (χ3v) is 4.63. The van der Waals surface area contributed by atoms with E-state index in [9.17, 15) is 4.79 Å². The minimum atomic E-state index is -0.152. The van der Waals surface area contributed by atoms with Gasteiger partial charge in [-0.05, 0) is 60.7 Å². The van der Waals surface area contributed by atoms with Crippen molar-refractivity contribution in [2.24, 2.45) is 0 Å². The van der Waals surface area contributed by atoms with Crippen LogP contribution in [0.3, 0.4) is 0 Å². The normalized spacial score (nSPS) is 17.4. The fourth-order valence-electron chi connectivity index (χ4n) is 2.79. The molecule has 0 saturated heterocycles. The number of rotatable bonds is 2.